The first-order valence-corrected chi connectivity index (χ1v) is 14.6. The maximum atomic E-state index is 12.3. The topological polar surface area (TPSA) is 186 Å². The molecule has 1 fully saturated rings. The number of carbonyl (C=O) groups excluding carboxylic acids is 3. The lowest BCUT2D eigenvalue weighted by molar-refractivity contribution is -0.143. The molecule has 0 aromatic heterocycles. The van der Waals surface area contributed by atoms with E-state index in [-0.39, 0.29) is 51.2 Å². The first-order chi connectivity index (χ1) is 18.4. The standard InChI is InChI=1S/C25H39N3O10S/c1-16(2)22(21(29)14-17(3)23(30)31)27-24(32)37-13-12-36-11-10-26-39(34,35)28-25(33)38-15-20-18-8-6-4-5-7-9-19(18)20/h16-20,22,26H,6-15H2,1-3H3,(H,27,32)(H,28,33)(H,30,31)/t17-,18-,19+,20?,22+/m0/s1. The number of hydrogen-bond donors (Lipinski definition) is 4. The number of alkyl carbamates (subject to hydrolysis) is 1. The van der Waals surface area contributed by atoms with Gasteiger partial charge in [-0.3, -0.25) is 9.59 Å². The molecule has 0 aromatic carbocycles. The molecule has 0 saturated heterocycles. The Hall–Kier alpha value is -2.89. The first-order valence-electron chi connectivity index (χ1n) is 13.1. The maximum absolute atomic E-state index is 12.3. The third-order valence-electron chi connectivity index (χ3n) is 6.68. The fraction of sp³-hybridized carbons (Fsp3) is 0.760. The summed E-state index contributed by atoms with van der Waals surface area (Å²) in [5, 5.41) is 11.4. The summed E-state index contributed by atoms with van der Waals surface area (Å²) in [6, 6.07) is -0.897. The van der Waals surface area contributed by atoms with Crippen LogP contribution in [-0.4, -0.2) is 76.5 Å². The number of fused-ring (bicyclic) bond motifs is 1. The lowest BCUT2D eigenvalue weighted by Gasteiger charge is -2.21. The molecule has 0 aromatic rings. The van der Waals surface area contributed by atoms with Crippen LogP contribution >= 0.6 is 0 Å². The smallest absolute Gasteiger partial charge is 0.421 e. The Morgan fingerprint density at radius 2 is 1.59 bits per heavy atom. The van der Waals surface area contributed by atoms with Crippen molar-refractivity contribution in [3.05, 3.63) is 0 Å². The van der Waals surface area contributed by atoms with Crippen molar-refractivity contribution < 1.29 is 46.9 Å². The van der Waals surface area contributed by atoms with Crippen molar-refractivity contribution in [1.29, 1.82) is 0 Å². The summed E-state index contributed by atoms with van der Waals surface area (Å²) < 4.78 is 43.2. The third-order valence-corrected chi connectivity index (χ3v) is 7.70. The minimum Gasteiger partial charge on any atom is -0.481 e. The van der Waals surface area contributed by atoms with Gasteiger partial charge in [-0.1, -0.05) is 20.8 Å². The van der Waals surface area contributed by atoms with E-state index in [1.165, 1.54) is 6.92 Å². The van der Waals surface area contributed by atoms with E-state index in [0.717, 1.165) is 25.7 Å². The average molecular weight is 574 g/mol. The van der Waals surface area contributed by atoms with Crippen LogP contribution in [0.4, 0.5) is 9.59 Å². The SMILES string of the molecule is CC(C)[C@@H](NC(=O)OCCOCCNS(=O)(=O)NC(=O)OCC1[C@H]2CCC#CCC[C@@H]12)C(=O)C[C@H](C)C(=O)O. The normalized spacial score (nSPS) is 21.6. The highest BCUT2D eigenvalue weighted by atomic mass is 32.2. The van der Waals surface area contributed by atoms with Crippen LogP contribution in [0.1, 0.15) is 52.9 Å². The molecule has 13 nitrogen and oxygen atoms in total. The van der Waals surface area contributed by atoms with Gasteiger partial charge in [-0.25, -0.2) is 14.3 Å². The largest absolute Gasteiger partial charge is 0.481 e. The highest BCUT2D eigenvalue weighted by Gasteiger charge is 2.49. The monoisotopic (exact) mass is 573 g/mol. The zero-order valence-corrected chi connectivity index (χ0v) is 23.4. The Bertz CT molecular complexity index is 1020. The Morgan fingerprint density at radius 3 is 2.18 bits per heavy atom. The van der Waals surface area contributed by atoms with Gasteiger partial charge in [0.05, 0.1) is 31.8 Å². The van der Waals surface area contributed by atoms with Crippen molar-refractivity contribution in [1.82, 2.24) is 14.8 Å². The number of amides is 2. The number of Topliss-reactive ketones (excluding diaryl/α,β-unsaturated/α-hetero) is 1. The summed E-state index contributed by atoms with van der Waals surface area (Å²) in [5.41, 5.74) is 0. The van der Waals surface area contributed by atoms with E-state index >= 15 is 0 Å². The highest BCUT2D eigenvalue weighted by Crippen LogP contribution is 2.52. The molecule has 5 atom stereocenters. The quantitative estimate of drug-likeness (QED) is 0.155. The second-order valence-corrected chi connectivity index (χ2v) is 11.5. The molecule has 14 heteroatoms. The number of carboxylic acid groups (broad SMARTS) is 1. The van der Waals surface area contributed by atoms with Gasteiger partial charge in [0, 0.05) is 25.8 Å². The van der Waals surface area contributed by atoms with Gasteiger partial charge in [0.1, 0.15) is 6.61 Å². The molecule has 4 N–H and O–H groups in total. The molecule has 2 aliphatic rings. The molecule has 220 valence electrons. The summed E-state index contributed by atoms with van der Waals surface area (Å²) in [4.78, 5) is 47.2. The van der Waals surface area contributed by atoms with Crippen LogP contribution in [0, 0.1) is 41.4 Å². The molecule has 0 spiro atoms. The van der Waals surface area contributed by atoms with Crippen LogP contribution < -0.4 is 14.8 Å². The van der Waals surface area contributed by atoms with Gasteiger partial charge < -0.3 is 24.6 Å². The molecule has 2 rings (SSSR count). The first kappa shape index (κ1) is 32.3. The lowest BCUT2D eigenvalue weighted by Crippen LogP contribution is -2.45. The summed E-state index contributed by atoms with van der Waals surface area (Å²) in [5.74, 6) is 4.73. The fourth-order valence-electron chi connectivity index (χ4n) is 4.48. The fourth-order valence-corrected chi connectivity index (χ4v) is 5.18. The van der Waals surface area contributed by atoms with Gasteiger partial charge in [-0.2, -0.15) is 13.1 Å². The number of rotatable bonds is 16. The predicted octanol–water partition coefficient (Wildman–Crippen LogP) is 1.43. The Labute approximate surface area is 229 Å². The summed E-state index contributed by atoms with van der Waals surface area (Å²) in [6.07, 6.45) is 1.47. The lowest BCUT2D eigenvalue weighted by atomic mass is 9.93. The third kappa shape index (κ3) is 11.8. The van der Waals surface area contributed by atoms with Crippen LogP contribution in [0.5, 0.6) is 0 Å². The molecule has 1 unspecified atom stereocenters. The van der Waals surface area contributed by atoms with Crippen molar-refractivity contribution in [3.63, 3.8) is 0 Å². The molecule has 0 heterocycles. The Balaban J connectivity index is 1.55. The van der Waals surface area contributed by atoms with E-state index in [1.54, 1.807) is 18.6 Å². The number of carboxylic acids is 1. The van der Waals surface area contributed by atoms with Crippen LogP contribution in [-0.2, 0) is 34.0 Å². The number of hydrogen-bond acceptors (Lipinski definition) is 9. The van der Waals surface area contributed by atoms with Crippen LogP contribution in [0.25, 0.3) is 0 Å². The minimum atomic E-state index is -4.13. The number of carbonyl (C=O) groups is 4. The number of aliphatic carboxylic acids is 1. The second kappa shape index (κ2) is 15.6. The van der Waals surface area contributed by atoms with E-state index in [9.17, 15) is 27.6 Å². The van der Waals surface area contributed by atoms with Gasteiger partial charge >= 0.3 is 28.4 Å². The van der Waals surface area contributed by atoms with E-state index in [0.29, 0.717) is 11.8 Å². The van der Waals surface area contributed by atoms with Crippen molar-refractivity contribution >= 4 is 34.1 Å². The van der Waals surface area contributed by atoms with Crippen LogP contribution in [0.15, 0.2) is 0 Å². The average Bonchev–Trinajstić information content (AvgIpc) is 3.48. The molecule has 0 aliphatic heterocycles. The number of nitrogens with one attached hydrogen (secondary N) is 3. The van der Waals surface area contributed by atoms with Crippen molar-refractivity contribution in [2.45, 2.75) is 58.9 Å². The highest BCUT2D eigenvalue weighted by molar-refractivity contribution is 7.88. The van der Waals surface area contributed by atoms with E-state index in [1.807, 2.05) is 0 Å². The molecule has 2 aliphatic carbocycles. The number of ketones is 1. The van der Waals surface area contributed by atoms with E-state index in [4.69, 9.17) is 19.3 Å². The van der Waals surface area contributed by atoms with Crippen molar-refractivity contribution in [2.75, 3.05) is 33.0 Å². The molecule has 39 heavy (non-hydrogen) atoms. The van der Waals surface area contributed by atoms with Gasteiger partial charge in [0.25, 0.3) is 0 Å². The molecular weight excluding hydrogens is 534 g/mol. The van der Waals surface area contributed by atoms with Gasteiger partial charge in [0.2, 0.25) is 0 Å². The Morgan fingerprint density at radius 1 is 0.949 bits per heavy atom. The Kier molecular flexibility index (Phi) is 13.0. The van der Waals surface area contributed by atoms with Gasteiger partial charge in [0.15, 0.2) is 5.78 Å². The summed E-state index contributed by atoms with van der Waals surface area (Å²) >= 11 is 0. The van der Waals surface area contributed by atoms with Crippen molar-refractivity contribution in [3.8, 4) is 11.8 Å². The zero-order valence-electron chi connectivity index (χ0n) is 22.6. The summed E-state index contributed by atoms with van der Waals surface area (Å²) in [7, 11) is -4.13. The van der Waals surface area contributed by atoms with E-state index in [2.05, 4.69) is 21.9 Å². The van der Waals surface area contributed by atoms with E-state index < -0.39 is 46.1 Å². The predicted molar refractivity (Wildman–Crippen MR) is 138 cm³/mol. The molecule has 1 saturated carbocycles. The zero-order chi connectivity index (χ0) is 29.0. The molecule has 0 radical (unpaired) electrons. The van der Waals surface area contributed by atoms with Crippen molar-refractivity contribution in [2.24, 2.45) is 29.6 Å². The van der Waals surface area contributed by atoms with Gasteiger partial charge in [-0.15, -0.1) is 11.8 Å². The molecule has 2 amide bonds. The minimum absolute atomic E-state index is 0.0459. The molecular formula is C25H39N3O10S. The second-order valence-electron chi connectivity index (χ2n) is 10.0. The molecule has 0 bridgehead atoms. The van der Waals surface area contributed by atoms with Crippen LogP contribution in [0.2, 0.25) is 0 Å². The maximum Gasteiger partial charge on any atom is 0.421 e. The van der Waals surface area contributed by atoms with Gasteiger partial charge in [-0.05, 0) is 36.5 Å². The summed E-state index contributed by atoms with van der Waals surface area (Å²) in [6.45, 7) is 4.59. The van der Waals surface area contributed by atoms with Crippen LogP contribution in [0.3, 0.4) is 0 Å². The number of ether oxygens (including phenoxy) is 3.